The normalized spacial score (nSPS) is 10.5. The number of aryl methyl sites for hydroxylation is 1. The van der Waals surface area contributed by atoms with E-state index in [-0.39, 0.29) is 5.91 Å². The summed E-state index contributed by atoms with van der Waals surface area (Å²) in [7, 11) is 0. The second-order valence-electron chi connectivity index (χ2n) is 4.56. The topological polar surface area (TPSA) is 46.9 Å². The molecule has 0 aliphatic carbocycles. The molecule has 5 heteroatoms. The third-order valence-corrected chi connectivity index (χ3v) is 3.45. The second-order valence-corrected chi connectivity index (χ2v) is 5.48. The van der Waals surface area contributed by atoms with Crippen molar-refractivity contribution < 1.29 is 4.79 Å². The summed E-state index contributed by atoms with van der Waals surface area (Å²) in [6.07, 6.45) is 5.21. The first-order valence-corrected chi connectivity index (χ1v) is 7.53. The number of carbonyl (C=O) groups is 1. The van der Waals surface area contributed by atoms with Gasteiger partial charge in [-0.15, -0.1) is 0 Å². The maximum atomic E-state index is 11.4. The summed E-state index contributed by atoms with van der Waals surface area (Å²) in [4.78, 5) is 11.4. The van der Waals surface area contributed by atoms with Gasteiger partial charge < -0.3 is 5.32 Å². The zero-order valence-electron chi connectivity index (χ0n) is 11.5. The van der Waals surface area contributed by atoms with Gasteiger partial charge >= 0.3 is 0 Å². The SMILES string of the molecule is CCNC(=O)CCCn1cc(-c2cccc(Br)c2)cn1. The van der Waals surface area contributed by atoms with Crippen LogP contribution in [0.4, 0.5) is 0 Å². The average Bonchev–Trinajstić information content (AvgIpc) is 2.88. The molecule has 0 aliphatic heterocycles. The number of amides is 1. The molecule has 0 aliphatic rings. The van der Waals surface area contributed by atoms with Crippen molar-refractivity contribution in [3.63, 3.8) is 0 Å². The average molecular weight is 336 g/mol. The molecule has 1 amide bonds. The molecule has 0 radical (unpaired) electrons. The molecule has 0 bridgehead atoms. The molecule has 106 valence electrons. The van der Waals surface area contributed by atoms with Crippen LogP contribution in [0.2, 0.25) is 0 Å². The lowest BCUT2D eigenvalue weighted by atomic mass is 10.1. The van der Waals surface area contributed by atoms with Crippen LogP contribution in [0.5, 0.6) is 0 Å². The summed E-state index contributed by atoms with van der Waals surface area (Å²) in [5.41, 5.74) is 2.22. The lowest BCUT2D eigenvalue weighted by Crippen LogP contribution is -2.22. The van der Waals surface area contributed by atoms with Crippen LogP contribution in [0.3, 0.4) is 0 Å². The fraction of sp³-hybridized carbons (Fsp3) is 0.333. The van der Waals surface area contributed by atoms with Crippen LogP contribution in [-0.2, 0) is 11.3 Å². The Hall–Kier alpha value is -1.62. The van der Waals surface area contributed by atoms with Crippen molar-refractivity contribution in [3.05, 3.63) is 41.1 Å². The van der Waals surface area contributed by atoms with E-state index in [2.05, 4.69) is 38.5 Å². The smallest absolute Gasteiger partial charge is 0.220 e. The minimum Gasteiger partial charge on any atom is -0.356 e. The van der Waals surface area contributed by atoms with Gasteiger partial charge in [0, 0.05) is 35.7 Å². The molecule has 0 saturated heterocycles. The Kier molecular flexibility index (Phi) is 5.35. The standard InChI is InChI=1S/C15H18BrN3O/c1-2-17-15(20)7-4-8-19-11-13(10-18-19)12-5-3-6-14(16)9-12/h3,5-6,9-11H,2,4,7-8H2,1H3,(H,17,20). The molecular weight excluding hydrogens is 318 g/mol. The van der Waals surface area contributed by atoms with Gasteiger partial charge in [-0.05, 0) is 31.0 Å². The second kappa shape index (κ2) is 7.24. The van der Waals surface area contributed by atoms with Crippen molar-refractivity contribution in [3.8, 4) is 11.1 Å². The number of hydrogen-bond donors (Lipinski definition) is 1. The highest BCUT2D eigenvalue weighted by molar-refractivity contribution is 9.10. The number of halogens is 1. The van der Waals surface area contributed by atoms with Gasteiger partial charge in [0.05, 0.1) is 6.20 Å². The quantitative estimate of drug-likeness (QED) is 0.880. The van der Waals surface area contributed by atoms with Crippen LogP contribution in [0.1, 0.15) is 19.8 Å². The maximum absolute atomic E-state index is 11.4. The number of carbonyl (C=O) groups excluding carboxylic acids is 1. The molecule has 0 atom stereocenters. The first-order valence-electron chi connectivity index (χ1n) is 6.74. The van der Waals surface area contributed by atoms with Gasteiger partial charge in [-0.3, -0.25) is 9.48 Å². The lowest BCUT2D eigenvalue weighted by molar-refractivity contribution is -0.121. The zero-order valence-corrected chi connectivity index (χ0v) is 13.1. The Morgan fingerprint density at radius 2 is 2.25 bits per heavy atom. The van der Waals surface area contributed by atoms with Gasteiger partial charge in [-0.25, -0.2) is 0 Å². The zero-order chi connectivity index (χ0) is 14.4. The molecule has 4 nitrogen and oxygen atoms in total. The Balaban J connectivity index is 1.91. The number of nitrogens with zero attached hydrogens (tertiary/aromatic N) is 2. The predicted octanol–water partition coefficient (Wildman–Crippen LogP) is 3.23. The van der Waals surface area contributed by atoms with Gasteiger partial charge in [0.15, 0.2) is 0 Å². The van der Waals surface area contributed by atoms with E-state index in [9.17, 15) is 4.79 Å². The van der Waals surface area contributed by atoms with Crippen LogP contribution >= 0.6 is 15.9 Å². The summed E-state index contributed by atoms with van der Waals surface area (Å²) in [5.74, 6) is 0.104. The van der Waals surface area contributed by atoms with Gasteiger partial charge in [0.2, 0.25) is 5.91 Å². The number of hydrogen-bond acceptors (Lipinski definition) is 2. The molecule has 20 heavy (non-hydrogen) atoms. The van der Waals surface area contributed by atoms with E-state index in [1.807, 2.05) is 36.1 Å². The van der Waals surface area contributed by atoms with E-state index < -0.39 is 0 Å². The Morgan fingerprint density at radius 1 is 1.40 bits per heavy atom. The maximum Gasteiger partial charge on any atom is 0.220 e. The molecule has 1 aromatic carbocycles. The summed E-state index contributed by atoms with van der Waals surface area (Å²) in [5, 5.41) is 7.13. The molecular formula is C15H18BrN3O. The molecule has 2 rings (SSSR count). The summed E-state index contributed by atoms with van der Waals surface area (Å²) >= 11 is 3.47. The number of rotatable bonds is 6. The van der Waals surface area contributed by atoms with E-state index in [4.69, 9.17) is 0 Å². The first kappa shape index (κ1) is 14.8. The molecule has 1 N–H and O–H groups in total. The molecule has 0 spiro atoms. The third-order valence-electron chi connectivity index (χ3n) is 2.96. The third kappa shape index (κ3) is 4.20. The van der Waals surface area contributed by atoms with Crippen molar-refractivity contribution in [1.29, 1.82) is 0 Å². The highest BCUT2D eigenvalue weighted by Crippen LogP contribution is 2.22. The molecule has 0 saturated carbocycles. The molecule has 0 unspecified atom stereocenters. The van der Waals surface area contributed by atoms with Crippen molar-refractivity contribution in [2.45, 2.75) is 26.3 Å². The van der Waals surface area contributed by atoms with E-state index in [0.717, 1.165) is 28.6 Å². The van der Waals surface area contributed by atoms with Crippen molar-refractivity contribution in [2.75, 3.05) is 6.54 Å². The molecule has 1 heterocycles. The first-order chi connectivity index (χ1) is 9.69. The van der Waals surface area contributed by atoms with Crippen molar-refractivity contribution in [1.82, 2.24) is 15.1 Å². The van der Waals surface area contributed by atoms with Gasteiger partial charge in [0.1, 0.15) is 0 Å². The van der Waals surface area contributed by atoms with Gasteiger partial charge in [-0.2, -0.15) is 5.10 Å². The van der Waals surface area contributed by atoms with Crippen LogP contribution in [0, 0.1) is 0 Å². The van der Waals surface area contributed by atoms with Crippen LogP contribution < -0.4 is 5.32 Å². The minimum absolute atomic E-state index is 0.104. The molecule has 1 aromatic heterocycles. The van der Waals surface area contributed by atoms with Gasteiger partial charge in [-0.1, -0.05) is 28.1 Å². The van der Waals surface area contributed by atoms with E-state index in [1.54, 1.807) is 0 Å². The lowest BCUT2D eigenvalue weighted by Gasteiger charge is -2.02. The van der Waals surface area contributed by atoms with Crippen LogP contribution in [-0.4, -0.2) is 22.2 Å². The number of benzene rings is 1. The number of nitrogens with one attached hydrogen (secondary N) is 1. The van der Waals surface area contributed by atoms with Crippen molar-refractivity contribution >= 4 is 21.8 Å². The number of aromatic nitrogens is 2. The highest BCUT2D eigenvalue weighted by Gasteiger charge is 2.04. The van der Waals surface area contributed by atoms with Crippen LogP contribution in [0.25, 0.3) is 11.1 Å². The molecule has 2 aromatic rings. The summed E-state index contributed by atoms with van der Waals surface area (Å²) < 4.78 is 2.94. The fourth-order valence-corrected chi connectivity index (χ4v) is 2.39. The Labute approximate surface area is 127 Å². The Bertz CT molecular complexity index is 580. The fourth-order valence-electron chi connectivity index (χ4n) is 1.99. The molecule has 0 fully saturated rings. The minimum atomic E-state index is 0.104. The van der Waals surface area contributed by atoms with E-state index in [0.29, 0.717) is 13.0 Å². The largest absolute Gasteiger partial charge is 0.356 e. The summed E-state index contributed by atoms with van der Waals surface area (Å²) in [6.45, 7) is 3.37. The van der Waals surface area contributed by atoms with Crippen LogP contribution in [0.15, 0.2) is 41.1 Å². The Morgan fingerprint density at radius 3 is 3.00 bits per heavy atom. The highest BCUT2D eigenvalue weighted by atomic mass is 79.9. The van der Waals surface area contributed by atoms with Gasteiger partial charge in [0.25, 0.3) is 0 Å². The van der Waals surface area contributed by atoms with E-state index >= 15 is 0 Å². The predicted molar refractivity (Wildman–Crippen MR) is 83.3 cm³/mol. The van der Waals surface area contributed by atoms with E-state index in [1.165, 1.54) is 0 Å². The van der Waals surface area contributed by atoms with Crippen molar-refractivity contribution in [2.24, 2.45) is 0 Å². The monoisotopic (exact) mass is 335 g/mol. The summed E-state index contributed by atoms with van der Waals surface area (Å²) in [6, 6.07) is 8.13.